The first-order valence-electron chi connectivity index (χ1n) is 8.23. The summed E-state index contributed by atoms with van der Waals surface area (Å²) in [7, 11) is -2.33. The predicted octanol–water partition coefficient (Wildman–Crippen LogP) is 4.09. The summed E-state index contributed by atoms with van der Waals surface area (Å²) in [4.78, 5) is 4.39. The zero-order valence-electron chi connectivity index (χ0n) is 14.7. The lowest BCUT2D eigenvalue weighted by molar-refractivity contribution is 0.416. The zero-order chi connectivity index (χ0) is 19.7. The van der Waals surface area contributed by atoms with Crippen molar-refractivity contribution in [2.75, 3.05) is 11.8 Å². The number of rotatable bonds is 5. The summed E-state index contributed by atoms with van der Waals surface area (Å²) in [6.07, 6.45) is 3.29. The van der Waals surface area contributed by atoms with E-state index in [4.69, 9.17) is 16.3 Å². The highest BCUT2D eigenvalue weighted by molar-refractivity contribution is 7.92. The number of aromatic amines is 1. The molecular weight excluding hydrogens is 400 g/mol. The number of anilines is 1. The third kappa shape index (κ3) is 3.39. The number of methoxy groups -OCH3 is 1. The van der Waals surface area contributed by atoms with E-state index < -0.39 is 10.0 Å². The van der Waals surface area contributed by atoms with Gasteiger partial charge in [0, 0.05) is 22.7 Å². The van der Waals surface area contributed by atoms with E-state index in [0.29, 0.717) is 33.2 Å². The van der Waals surface area contributed by atoms with Crippen molar-refractivity contribution in [2.45, 2.75) is 4.90 Å². The van der Waals surface area contributed by atoms with Gasteiger partial charge in [-0.1, -0.05) is 23.7 Å². The number of nitrogens with one attached hydrogen (secondary N) is 2. The highest BCUT2D eigenvalue weighted by Crippen LogP contribution is 2.34. The maximum Gasteiger partial charge on any atom is 0.261 e. The normalized spacial score (nSPS) is 11.5. The molecule has 28 heavy (non-hydrogen) atoms. The minimum Gasteiger partial charge on any atom is -0.496 e. The fourth-order valence-corrected chi connectivity index (χ4v) is 4.16. The fraction of sp³-hybridized carbons (Fsp3) is 0.0526. The van der Waals surface area contributed by atoms with Crippen molar-refractivity contribution < 1.29 is 13.2 Å². The Bertz CT molecular complexity index is 1270. The van der Waals surface area contributed by atoms with Crippen molar-refractivity contribution in [3.05, 3.63) is 65.9 Å². The lowest BCUT2D eigenvalue weighted by atomic mass is 10.1. The van der Waals surface area contributed by atoms with Gasteiger partial charge in [-0.25, -0.2) is 13.4 Å². The monoisotopic (exact) mass is 414 g/mol. The summed E-state index contributed by atoms with van der Waals surface area (Å²) >= 11 is 6.07. The molecule has 2 heterocycles. The number of hydrogen-bond acceptors (Lipinski definition) is 5. The molecule has 0 aliphatic heterocycles. The van der Waals surface area contributed by atoms with Crippen LogP contribution in [0.1, 0.15) is 0 Å². The molecule has 4 rings (SSSR count). The third-order valence-electron chi connectivity index (χ3n) is 4.20. The second-order valence-corrected chi connectivity index (χ2v) is 8.07. The SMILES string of the molecule is COc1ccc(S(=O)(=O)Nc2ccccc2Cl)cc1-c1cnc2[nH]ncc2c1. The van der Waals surface area contributed by atoms with Crippen LogP contribution in [0.2, 0.25) is 5.02 Å². The average Bonchev–Trinajstić information content (AvgIpc) is 3.17. The van der Waals surface area contributed by atoms with Crippen LogP contribution in [0.15, 0.2) is 65.8 Å². The lowest BCUT2D eigenvalue weighted by Gasteiger charge is -2.13. The molecule has 9 heteroatoms. The van der Waals surface area contributed by atoms with E-state index in [1.165, 1.54) is 13.2 Å². The predicted molar refractivity (Wildman–Crippen MR) is 108 cm³/mol. The van der Waals surface area contributed by atoms with Crippen LogP contribution in [0.25, 0.3) is 22.2 Å². The van der Waals surface area contributed by atoms with Gasteiger partial charge in [-0.2, -0.15) is 5.10 Å². The van der Waals surface area contributed by atoms with Gasteiger partial charge in [-0.3, -0.25) is 9.82 Å². The summed E-state index contributed by atoms with van der Waals surface area (Å²) in [5, 5.41) is 7.86. The molecule has 0 saturated carbocycles. The van der Waals surface area contributed by atoms with Crippen molar-refractivity contribution in [1.29, 1.82) is 0 Å². The van der Waals surface area contributed by atoms with Gasteiger partial charge in [0.2, 0.25) is 0 Å². The van der Waals surface area contributed by atoms with E-state index in [2.05, 4.69) is 19.9 Å². The molecule has 0 unspecified atom stereocenters. The first-order chi connectivity index (χ1) is 13.5. The number of aromatic nitrogens is 3. The van der Waals surface area contributed by atoms with Crippen LogP contribution < -0.4 is 9.46 Å². The molecule has 4 aromatic rings. The molecule has 0 bridgehead atoms. The van der Waals surface area contributed by atoms with E-state index in [1.54, 1.807) is 48.8 Å². The largest absolute Gasteiger partial charge is 0.496 e. The summed E-state index contributed by atoms with van der Waals surface area (Å²) in [5.74, 6) is 0.529. The molecule has 0 aliphatic carbocycles. The van der Waals surface area contributed by atoms with Crippen molar-refractivity contribution in [3.8, 4) is 16.9 Å². The minimum atomic E-state index is -3.85. The van der Waals surface area contributed by atoms with Crippen molar-refractivity contribution in [1.82, 2.24) is 15.2 Å². The van der Waals surface area contributed by atoms with Crippen molar-refractivity contribution in [3.63, 3.8) is 0 Å². The Balaban J connectivity index is 1.78. The van der Waals surface area contributed by atoms with Crippen LogP contribution in [-0.2, 0) is 10.0 Å². The highest BCUT2D eigenvalue weighted by atomic mass is 35.5. The molecule has 0 aliphatic rings. The Morgan fingerprint density at radius 1 is 1.11 bits per heavy atom. The number of halogens is 1. The second-order valence-electron chi connectivity index (χ2n) is 5.98. The molecule has 142 valence electrons. The number of nitrogens with zero attached hydrogens (tertiary/aromatic N) is 2. The molecular formula is C19H15ClN4O3S. The van der Waals surface area contributed by atoms with E-state index in [0.717, 1.165) is 5.39 Å². The average molecular weight is 415 g/mol. The van der Waals surface area contributed by atoms with Gasteiger partial charge in [-0.05, 0) is 36.4 Å². The number of H-pyrrole nitrogens is 1. The highest BCUT2D eigenvalue weighted by Gasteiger charge is 2.19. The minimum absolute atomic E-state index is 0.0792. The molecule has 0 radical (unpaired) electrons. The summed E-state index contributed by atoms with van der Waals surface area (Å²) < 4.78 is 33.7. The Kier molecular flexibility index (Phi) is 4.66. The number of benzene rings is 2. The Hall–Kier alpha value is -3.10. The lowest BCUT2D eigenvalue weighted by Crippen LogP contribution is -2.13. The van der Waals surface area contributed by atoms with Gasteiger partial charge in [0.05, 0.1) is 28.9 Å². The summed E-state index contributed by atoms with van der Waals surface area (Å²) in [6, 6.07) is 13.1. The van der Waals surface area contributed by atoms with Crippen LogP contribution in [0.5, 0.6) is 5.75 Å². The molecule has 0 atom stereocenters. The van der Waals surface area contributed by atoms with Crippen LogP contribution in [0.4, 0.5) is 5.69 Å². The topological polar surface area (TPSA) is 97.0 Å². The molecule has 0 fully saturated rings. The molecule has 2 aromatic heterocycles. The van der Waals surface area contributed by atoms with Crippen LogP contribution >= 0.6 is 11.6 Å². The Morgan fingerprint density at radius 3 is 2.71 bits per heavy atom. The molecule has 0 amide bonds. The van der Waals surface area contributed by atoms with Gasteiger partial charge in [-0.15, -0.1) is 0 Å². The first kappa shape index (κ1) is 18.3. The van der Waals surface area contributed by atoms with Crippen LogP contribution in [0.3, 0.4) is 0 Å². The number of hydrogen-bond donors (Lipinski definition) is 2. The van der Waals surface area contributed by atoms with E-state index in [1.807, 2.05) is 6.07 Å². The second kappa shape index (κ2) is 7.14. The van der Waals surface area contributed by atoms with Crippen LogP contribution in [-0.4, -0.2) is 30.7 Å². The fourth-order valence-electron chi connectivity index (χ4n) is 2.81. The molecule has 2 N–H and O–H groups in total. The smallest absolute Gasteiger partial charge is 0.261 e. The van der Waals surface area contributed by atoms with Crippen molar-refractivity contribution in [2.24, 2.45) is 0 Å². The number of ether oxygens (including phenoxy) is 1. The third-order valence-corrected chi connectivity index (χ3v) is 5.89. The molecule has 0 spiro atoms. The van der Waals surface area contributed by atoms with Gasteiger partial charge < -0.3 is 4.74 Å². The number of para-hydroxylation sites is 1. The van der Waals surface area contributed by atoms with E-state index in [-0.39, 0.29) is 4.90 Å². The standard InChI is InChI=1S/C19H15ClN4O3S/c1-27-18-7-6-14(28(25,26)24-17-5-3-2-4-16(17)20)9-15(18)12-8-13-11-22-23-19(13)21-10-12/h2-11,24H,1H3,(H,21,22,23). The van der Waals surface area contributed by atoms with E-state index >= 15 is 0 Å². The zero-order valence-corrected chi connectivity index (χ0v) is 16.3. The summed E-state index contributed by atoms with van der Waals surface area (Å²) in [5.41, 5.74) is 2.26. The Morgan fingerprint density at radius 2 is 1.93 bits per heavy atom. The maximum atomic E-state index is 12.9. The molecule has 0 saturated heterocycles. The first-order valence-corrected chi connectivity index (χ1v) is 10.1. The van der Waals surface area contributed by atoms with Gasteiger partial charge >= 0.3 is 0 Å². The number of fused-ring (bicyclic) bond motifs is 1. The maximum absolute atomic E-state index is 12.9. The number of sulfonamides is 1. The van der Waals surface area contributed by atoms with Gasteiger partial charge in [0.15, 0.2) is 5.65 Å². The number of pyridine rings is 1. The quantitative estimate of drug-likeness (QED) is 0.512. The Labute approximate surface area is 166 Å². The van der Waals surface area contributed by atoms with Gasteiger partial charge in [0.1, 0.15) is 5.75 Å². The van der Waals surface area contributed by atoms with Gasteiger partial charge in [0.25, 0.3) is 10.0 Å². The molecule has 7 nitrogen and oxygen atoms in total. The summed E-state index contributed by atoms with van der Waals surface area (Å²) in [6.45, 7) is 0. The van der Waals surface area contributed by atoms with E-state index in [9.17, 15) is 8.42 Å². The van der Waals surface area contributed by atoms with Crippen LogP contribution in [0, 0.1) is 0 Å². The van der Waals surface area contributed by atoms with Crippen molar-refractivity contribution >= 4 is 38.3 Å². The molecule has 2 aromatic carbocycles.